The van der Waals surface area contributed by atoms with E-state index in [-0.39, 0.29) is 32.8 Å². The third-order valence-corrected chi connectivity index (χ3v) is 6.86. The van der Waals surface area contributed by atoms with Gasteiger partial charge in [0.15, 0.2) is 0 Å². The molecule has 0 bridgehead atoms. The molecule has 9 heteroatoms. The molecule has 0 amide bonds. The predicted molar refractivity (Wildman–Crippen MR) is 79.9 cm³/mol. The topological polar surface area (TPSA) is 83.9 Å². The molecular formula is C11H16BrNO5S2. The molecule has 1 heterocycles. The molecule has 0 aromatic carbocycles. The van der Waals surface area contributed by atoms with Gasteiger partial charge in [0.05, 0.1) is 10.4 Å². The first-order chi connectivity index (χ1) is 9.21. The number of sulfonamides is 1. The molecule has 0 atom stereocenters. The van der Waals surface area contributed by atoms with Gasteiger partial charge in [-0.25, -0.2) is 13.2 Å². The van der Waals surface area contributed by atoms with Crippen LogP contribution in [0.3, 0.4) is 0 Å². The third-order valence-electron chi connectivity index (χ3n) is 2.54. The Morgan fingerprint density at radius 1 is 1.55 bits per heavy atom. The van der Waals surface area contributed by atoms with Crippen LogP contribution in [-0.4, -0.2) is 50.1 Å². The largest absolute Gasteiger partial charge is 0.477 e. The highest BCUT2D eigenvalue weighted by Crippen LogP contribution is 2.34. The molecule has 1 aromatic rings. The highest BCUT2D eigenvalue weighted by Gasteiger charge is 2.31. The number of ether oxygens (including phenoxy) is 1. The molecule has 0 unspecified atom stereocenters. The zero-order chi connectivity index (χ0) is 15.5. The van der Waals surface area contributed by atoms with Crippen molar-refractivity contribution in [1.82, 2.24) is 4.31 Å². The fourth-order valence-electron chi connectivity index (χ4n) is 1.60. The zero-order valence-corrected chi connectivity index (χ0v) is 14.5. The van der Waals surface area contributed by atoms with E-state index in [0.29, 0.717) is 0 Å². The summed E-state index contributed by atoms with van der Waals surface area (Å²) < 4.78 is 31.7. The minimum absolute atomic E-state index is 0.0223. The number of hydrogen-bond acceptors (Lipinski definition) is 5. The van der Waals surface area contributed by atoms with E-state index in [4.69, 9.17) is 9.84 Å². The van der Waals surface area contributed by atoms with Crippen LogP contribution in [0.4, 0.5) is 0 Å². The van der Waals surface area contributed by atoms with Crippen molar-refractivity contribution in [2.75, 3.05) is 20.3 Å². The van der Waals surface area contributed by atoms with Crippen molar-refractivity contribution in [3.63, 3.8) is 0 Å². The lowest BCUT2D eigenvalue weighted by atomic mass is 10.4. The molecule has 1 rings (SSSR count). The summed E-state index contributed by atoms with van der Waals surface area (Å²) in [6.45, 7) is 3.99. The number of carboxylic acid groups (broad SMARTS) is 1. The van der Waals surface area contributed by atoms with E-state index >= 15 is 0 Å². The smallest absolute Gasteiger partial charge is 0.345 e. The lowest BCUT2D eigenvalue weighted by Crippen LogP contribution is -2.39. The van der Waals surface area contributed by atoms with Crippen LogP contribution in [0.1, 0.15) is 23.5 Å². The first kappa shape index (κ1) is 17.6. The van der Waals surface area contributed by atoms with E-state index in [2.05, 4.69) is 15.9 Å². The Balaban J connectivity index is 3.22. The van der Waals surface area contributed by atoms with E-state index in [1.165, 1.54) is 17.5 Å². The second-order valence-electron chi connectivity index (χ2n) is 4.26. The number of thiophene rings is 1. The molecule has 0 aliphatic heterocycles. The van der Waals surface area contributed by atoms with Crippen LogP contribution >= 0.6 is 27.3 Å². The Kier molecular flexibility index (Phi) is 6.14. The van der Waals surface area contributed by atoms with E-state index in [0.717, 1.165) is 11.3 Å². The van der Waals surface area contributed by atoms with Gasteiger partial charge in [0.1, 0.15) is 9.77 Å². The summed E-state index contributed by atoms with van der Waals surface area (Å²) in [7, 11) is -2.27. The van der Waals surface area contributed by atoms with E-state index in [1.54, 1.807) is 13.8 Å². The number of methoxy groups -OCH3 is 1. The van der Waals surface area contributed by atoms with E-state index in [9.17, 15) is 13.2 Å². The summed E-state index contributed by atoms with van der Waals surface area (Å²) in [5, 5.41) is 8.94. The van der Waals surface area contributed by atoms with Crippen LogP contribution in [0.5, 0.6) is 0 Å². The van der Waals surface area contributed by atoms with Gasteiger partial charge in [-0.3, -0.25) is 0 Å². The fourth-order valence-corrected chi connectivity index (χ4v) is 5.57. The minimum Gasteiger partial charge on any atom is -0.477 e. The maximum absolute atomic E-state index is 12.6. The lowest BCUT2D eigenvalue weighted by molar-refractivity contribution is 0.0702. The maximum Gasteiger partial charge on any atom is 0.345 e. The molecule has 1 aromatic heterocycles. The normalized spacial score (nSPS) is 12.3. The molecule has 20 heavy (non-hydrogen) atoms. The predicted octanol–water partition coefficient (Wildman–Crippen LogP) is 2.25. The van der Waals surface area contributed by atoms with Crippen LogP contribution < -0.4 is 0 Å². The van der Waals surface area contributed by atoms with Gasteiger partial charge in [-0.2, -0.15) is 4.31 Å². The molecule has 6 nitrogen and oxygen atoms in total. The molecule has 1 N–H and O–H groups in total. The van der Waals surface area contributed by atoms with Crippen molar-refractivity contribution in [3.8, 4) is 0 Å². The molecule has 0 saturated heterocycles. The van der Waals surface area contributed by atoms with Gasteiger partial charge in [0.25, 0.3) is 0 Å². The second-order valence-corrected chi connectivity index (χ2v) is 8.49. The van der Waals surface area contributed by atoms with Gasteiger partial charge in [-0.15, -0.1) is 11.3 Å². The highest BCUT2D eigenvalue weighted by atomic mass is 79.9. The fraction of sp³-hybridized carbons (Fsp3) is 0.545. The average Bonchev–Trinajstić information content (AvgIpc) is 2.72. The van der Waals surface area contributed by atoms with Gasteiger partial charge in [-0.1, -0.05) is 0 Å². The number of carbonyl (C=O) groups is 1. The molecule has 114 valence electrons. The van der Waals surface area contributed by atoms with Gasteiger partial charge >= 0.3 is 5.97 Å². The van der Waals surface area contributed by atoms with Gasteiger partial charge < -0.3 is 9.84 Å². The van der Waals surface area contributed by atoms with Gasteiger partial charge in [-0.05, 0) is 35.8 Å². The number of halogens is 1. The van der Waals surface area contributed by atoms with Crippen LogP contribution in [0.25, 0.3) is 0 Å². The maximum atomic E-state index is 12.6. The molecule has 0 radical (unpaired) electrons. The molecular weight excluding hydrogens is 370 g/mol. The molecule has 0 saturated carbocycles. The summed E-state index contributed by atoms with van der Waals surface area (Å²) in [5.74, 6) is -1.15. The van der Waals surface area contributed by atoms with Gasteiger partial charge in [0, 0.05) is 19.7 Å². The van der Waals surface area contributed by atoms with Crippen LogP contribution in [0.15, 0.2) is 14.7 Å². The standard InChI is InChI=1S/C11H16BrNO5S2/c1-7(2)13(4-5-18-3)20(16,17)9-6-8(11(14)15)19-10(9)12/h6-7H,4-5H2,1-3H3,(H,14,15). The first-order valence-corrected chi connectivity index (χ1v) is 8.80. The zero-order valence-electron chi connectivity index (χ0n) is 11.3. The highest BCUT2D eigenvalue weighted by molar-refractivity contribution is 9.11. The van der Waals surface area contributed by atoms with Crippen LogP contribution in [-0.2, 0) is 14.8 Å². The van der Waals surface area contributed by atoms with Crippen molar-refractivity contribution in [2.45, 2.75) is 24.8 Å². The minimum atomic E-state index is -3.76. The first-order valence-electron chi connectivity index (χ1n) is 5.75. The Bertz CT molecular complexity index is 582. The number of nitrogens with zero attached hydrogens (tertiary/aromatic N) is 1. The number of aromatic carboxylic acids is 1. The van der Waals surface area contributed by atoms with Crippen molar-refractivity contribution < 1.29 is 23.1 Å². The molecule has 0 aliphatic carbocycles. The number of rotatable bonds is 7. The molecule has 0 aliphatic rings. The Labute approximate surface area is 130 Å². The molecule has 0 spiro atoms. The van der Waals surface area contributed by atoms with Crippen molar-refractivity contribution >= 4 is 43.3 Å². The lowest BCUT2D eigenvalue weighted by Gasteiger charge is -2.25. The summed E-state index contributed by atoms with van der Waals surface area (Å²) in [6.07, 6.45) is 0. The van der Waals surface area contributed by atoms with E-state index in [1.807, 2.05) is 0 Å². The summed E-state index contributed by atoms with van der Waals surface area (Å²) >= 11 is 4.01. The summed E-state index contributed by atoms with van der Waals surface area (Å²) in [6, 6.07) is 0.921. The Hall–Kier alpha value is -0.480. The summed E-state index contributed by atoms with van der Waals surface area (Å²) in [4.78, 5) is 10.9. The van der Waals surface area contributed by atoms with Gasteiger partial charge in [0.2, 0.25) is 10.0 Å². The SMILES string of the molecule is COCCN(C(C)C)S(=O)(=O)c1cc(C(=O)O)sc1Br. The molecule has 0 fully saturated rings. The number of hydrogen-bond donors (Lipinski definition) is 1. The average molecular weight is 386 g/mol. The Morgan fingerprint density at radius 2 is 2.15 bits per heavy atom. The number of carboxylic acids is 1. The van der Waals surface area contributed by atoms with E-state index < -0.39 is 16.0 Å². The quantitative estimate of drug-likeness (QED) is 0.777. The third kappa shape index (κ3) is 3.79. The van der Waals surface area contributed by atoms with Crippen molar-refractivity contribution in [3.05, 3.63) is 14.7 Å². The van der Waals surface area contributed by atoms with Crippen molar-refractivity contribution in [2.24, 2.45) is 0 Å². The van der Waals surface area contributed by atoms with Crippen LogP contribution in [0, 0.1) is 0 Å². The summed E-state index contributed by atoms with van der Waals surface area (Å²) in [5.41, 5.74) is 0. The monoisotopic (exact) mass is 385 g/mol. The van der Waals surface area contributed by atoms with Crippen LogP contribution in [0.2, 0.25) is 0 Å². The second kappa shape index (κ2) is 6.99. The Morgan fingerprint density at radius 3 is 2.55 bits per heavy atom. The van der Waals surface area contributed by atoms with Crippen molar-refractivity contribution in [1.29, 1.82) is 0 Å².